The van der Waals surface area contributed by atoms with E-state index in [9.17, 15) is 0 Å². The molecule has 0 spiro atoms. The van der Waals surface area contributed by atoms with Gasteiger partial charge in [0.15, 0.2) is 0 Å². The Bertz CT molecular complexity index is 578. The van der Waals surface area contributed by atoms with Gasteiger partial charge in [-0.15, -0.1) is 11.3 Å². The number of nitrogens with one attached hydrogen (secondary N) is 1. The highest BCUT2D eigenvalue weighted by atomic mass is 32.1. The molecule has 0 saturated carbocycles. The highest BCUT2D eigenvalue weighted by Crippen LogP contribution is 2.25. The van der Waals surface area contributed by atoms with Crippen LogP contribution in [0.1, 0.15) is 35.3 Å². The first kappa shape index (κ1) is 14.5. The first-order valence-electron chi connectivity index (χ1n) is 6.59. The normalized spacial score (nSPS) is 10.8. The number of amidine groups is 1. The Kier molecular flexibility index (Phi) is 4.74. The van der Waals surface area contributed by atoms with Gasteiger partial charge in [-0.05, 0) is 18.1 Å². The molecular formula is C15H19N3OS. The summed E-state index contributed by atoms with van der Waals surface area (Å²) >= 11 is 1.49. The topological polar surface area (TPSA) is 72.0 Å². The van der Waals surface area contributed by atoms with Crippen LogP contribution in [0.2, 0.25) is 0 Å². The van der Waals surface area contributed by atoms with Crippen LogP contribution < -0.4 is 10.5 Å². The molecule has 0 fully saturated rings. The fraction of sp³-hybridized carbons (Fsp3) is 0.333. The van der Waals surface area contributed by atoms with E-state index in [1.165, 1.54) is 11.3 Å². The van der Waals surface area contributed by atoms with Gasteiger partial charge >= 0.3 is 0 Å². The number of ether oxygens (including phenoxy) is 1. The van der Waals surface area contributed by atoms with Crippen molar-refractivity contribution in [3.8, 4) is 5.75 Å². The lowest BCUT2D eigenvalue weighted by atomic mass is 10.1. The van der Waals surface area contributed by atoms with Gasteiger partial charge in [0.25, 0.3) is 0 Å². The zero-order chi connectivity index (χ0) is 14.5. The summed E-state index contributed by atoms with van der Waals surface area (Å²) in [5, 5.41) is 8.58. The summed E-state index contributed by atoms with van der Waals surface area (Å²) in [6, 6.07) is 9.72. The Balaban J connectivity index is 2.00. The van der Waals surface area contributed by atoms with Crippen molar-refractivity contribution >= 4 is 17.2 Å². The van der Waals surface area contributed by atoms with Gasteiger partial charge in [0.05, 0.1) is 22.2 Å². The van der Waals surface area contributed by atoms with Crippen LogP contribution in [-0.2, 0) is 6.42 Å². The summed E-state index contributed by atoms with van der Waals surface area (Å²) in [6.07, 6.45) is 0.729. The smallest absolute Gasteiger partial charge is 0.135 e. The Labute approximate surface area is 123 Å². The number of benzene rings is 1. The van der Waals surface area contributed by atoms with Gasteiger partial charge in [-0.2, -0.15) is 0 Å². The Morgan fingerprint density at radius 2 is 2.05 bits per heavy atom. The van der Waals surface area contributed by atoms with E-state index < -0.39 is 0 Å². The Hall–Kier alpha value is -1.88. The maximum Gasteiger partial charge on any atom is 0.135 e. The molecule has 0 bridgehead atoms. The van der Waals surface area contributed by atoms with Crippen LogP contribution in [0.3, 0.4) is 0 Å². The molecule has 1 aromatic heterocycles. The lowest BCUT2D eigenvalue weighted by Crippen LogP contribution is -2.12. The van der Waals surface area contributed by atoms with Gasteiger partial charge < -0.3 is 10.5 Å². The third kappa shape index (κ3) is 3.57. The van der Waals surface area contributed by atoms with E-state index in [4.69, 9.17) is 15.9 Å². The molecule has 0 atom stereocenters. The van der Waals surface area contributed by atoms with E-state index in [1.807, 2.05) is 30.3 Å². The predicted molar refractivity (Wildman–Crippen MR) is 82.9 cm³/mol. The zero-order valence-corrected chi connectivity index (χ0v) is 12.5. The Morgan fingerprint density at radius 3 is 2.60 bits per heavy atom. The van der Waals surface area contributed by atoms with Crippen molar-refractivity contribution in [2.45, 2.75) is 26.2 Å². The van der Waals surface area contributed by atoms with Crippen molar-refractivity contribution in [2.75, 3.05) is 6.61 Å². The zero-order valence-electron chi connectivity index (χ0n) is 11.7. The summed E-state index contributed by atoms with van der Waals surface area (Å²) in [7, 11) is 0. The minimum atomic E-state index is 0.0985. The molecule has 20 heavy (non-hydrogen) atoms. The van der Waals surface area contributed by atoms with Gasteiger partial charge in [-0.1, -0.05) is 32.0 Å². The van der Waals surface area contributed by atoms with E-state index in [2.05, 4.69) is 18.8 Å². The number of rotatable bonds is 6. The molecule has 2 aromatic rings. The molecule has 0 unspecified atom stereocenters. The van der Waals surface area contributed by atoms with E-state index >= 15 is 0 Å². The standard InChI is InChI=1S/C15H19N3OS/c1-10(2)13-14(15(16)17)20-12(18-13)8-9-19-11-6-4-3-5-7-11/h3-7,10H,8-9H2,1-2H3,(H3,16,17). The minimum Gasteiger partial charge on any atom is -0.493 e. The maximum atomic E-state index is 7.61. The fourth-order valence-electron chi connectivity index (χ4n) is 1.84. The van der Waals surface area contributed by atoms with Crippen LogP contribution >= 0.6 is 11.3 Å². The predicted octanol–water partition coefficient (Wildman–Crippen LogP) is 3.17. The highest BCUT2D eigenvalue weighted by molar-refractivity contribution is 7.13. The molecule has 0 aliphatic carbocycles. The molecule has 3 N–H and O–H groups in total. The van der Waals surface area contributed by atoms with E-state index in [-0.39, 0.29) is 11.8 Å². The number of thiazole rings is 1. The monoisotopic (exact) mass is 289 g/mol. The molecule has 1 aromatic carbocycles. The molecule has 5 heteroatoms. The van der Waals surface area contributed by atoms with Crippen LogP contribution in [0.25, 0.3) is 0 Å². The molecular weight excluding hydrogens is 270 g/mol. The largest absolute Gasteiger partial charge is 0.493 e. The van der Waals surface area contributed by atoms with Crippen LogP contribution in [0.15, 0.2) is 30.3 Å². The van der Waals surface area contributed by atoms with E-state index in [1.54, 1.807) is 0 Å². The molecule has 2 rings (SSSR count). The molecule has 106 valence electrons. The van der Waals surface area contributed by atoms with Crippen molar-refractivity contribution in [3.05, 3.63) is 45.9 Å². The molecule has 0 radical (unpaired) electrons. The molecule has 0 aliphatic heterocycles. The fourth-order valence-corrected chi connectivity index (χ4v) is 2.90. The van der Waals surface area contributed by atoms with Gasteiger partial charge in [0.1, 0.15) is 11.6 Å². The van der Waals surface area contributed by atoms with Crippen molar-refractivity contribution in [3.63, 3.8) is 0 Å². The number of hydrogen-bond donors (Lipinski definition) is 2. The van der Waals surface area contributed by atoms with Crippen molar-refractivity contribution < 1.29 is 4.74 Å². The summed E-state index contributed by atoms with van der Waals surface area (Å²) < 4.78 is 5.66. The Morgan fingerprint density at radius 1 is 1.35 bits per heavy atom. The second-order valence-corrected chi connectivity index (χ2v) is 5.89. The van der Waals surface area contributed by atoms with Crippen LogP contribution in [0.4, 0.5) is 0 Å². The van der Waals surface area contributed by atoms with Gasteiger partial charge in [-0.25, -0.2) is 4.98 Å². The molecule has 0 amide bonds. The lowest BCUT2D eigenvalue weighted by Gasteiger charge is -2.04. The lowest BCUT2D eigenvalue weighted by molar-refractivity contribution is 0.321. The quantitative estimate of drug-likeness (QED) is 0.633. The van der Waals surface area contributed by atoms with E-state index in [0.29, 0.717) is 6.61 Å². The minimum absolute atomic E-state index is 0.0985. The maximum absolute atomic E-state index is 7.61. The van der Waals surface area contributed by atoms with Crippen LogP contribution in [0.5, 0.6) is 5.75 Å². The second kappa shape index (κ2) is 6.52. The summed E-state index contributed by atoms with van der Waals surface area (Å²) in [4.78, 5) is 5.37. The SMILES string of the molecule is CC(C)c1nc(CCOc2ccccc2)sc1C(=N)N. The third-order valence-electron chi connectivity index (χ3n) is 2.82. The molecule has 4 nitrogen and oxygen atoms in total. The summed E-state index contributed by atoms with van der Waals surface area (Å²) in [5.74, 6) is 1.23. The number of nitrogens with zero attached hydrogens (tertiary/aromatic N) is 1. The summed E-state index contributed by atoms with van der Waals surface area (Å²) in [6.45, 7) is 4.70. The highest BCUT2D eigenvalue weighted by Gasteiger charge is 2.16. The number of hydrogen-bond acceptors (Lipinski definition) is 4. The van der Waals surface area contributed by atoms with Gasteiger partial charge in [-0.3, -0.25) is 5.41 Å². The van der Waals surface area contributed by atoms with Crippen LogP contribution in [0, 0.1) is 5.41 Å². The number of nitrogen functional groups attached to an aromatic ring is 1. The van der Waals surface area contributed by atoms with Crippen molar-refractivity contribution in [1.29, 1.82) is 5.41 Å². The second-order valence-electron chi connectivity index (χ2n) is 4.80. The third-order valence-corrected chi connectivity index (χ3v) is 3.98. The average Bonchev–Trinajstić information content (AvgIpc) is 2.85. The van der Waals surface area contributed by atoms with Crippen molar-refractivity contribution in [2.24, 2.45) is 5.73 Å². The van der Waals surface area contributed by atoms with E-state index in [0.717, 1.165) is 27.7 Å². The van der Waals surface area contributed by atoms with Crippen molar-refractivity contribution in [1.82, 2.24) is 4.98 Å². The molecule has 1 heterocycles. The first-order valence-corrected chi connectivity index (χ1v) is 7.41. The van der Waals surface area contributed by atoms with Gasteiger partial charge in [0, 0.05) is 6.42 Å². The van der Waals surface area contributed by atoms with Crippen LogP contribution in [-0.4, -0.2) is 17.4 Å². The first-order chi connectivity index (χ1) is 9.58. The number of nitrogens with two attached hydrogens (primary N) is 1. The van der Waals surface area contributed by atoms with Gasteiger partial charge in [0.2, 0.25) is 0 Å². The summed E-state index contributed by atoms with van der Waals surface area (Å²) in [5.41, 5.74) is 6.52. The number of aromatic nitrogens is 1. The molecule has 0 saturated heterocycles. The molecule has 0 aliphatic rings. The number of para-hydroxylation sites is 1. The average molecular weight is 289 g/mol.